The zero-order valence-corrected chi connectivity index (χ0v) is 16.2. The van der Waals surface area contributed by atoms with E-state index >= 15 is 0 Å². The SMILES string of the molecule is Cc1cc(C2Sc3ccccc3S2)[nH]c1C1Sc2ccccc2S1. The molecule has 2 aromatic carbocycles. The smallest absolute Gasteiger partial charge is 0.0997 e. The average Bonchev–Trinajstić information content (AvgIpc) is 3.29. The number of H-pyrrole nitrogens is 1. The Balaban J connectivity index is 1.41. The normalized spacial score (nSPS) is 17.2. The Kier molecular flexibility index (Phi) is 3.93. The summed E-state index contributed by atoms with van der Waals surface area (Å²) < 4.78 is 0.878. The van der Waals surface area contributed by atoms with E-state index in [1.54, 1.807) is 0 Å². The summed E-state index contributed by atoms with van der Waals surface area (Å²) in [5.41, 5.74) is 4.08. The lowest BCUT2D eigenvalue weighted by Crippen LogP contribution is -1.90. The quantitative estimate of drug-likeness (QED) is 0.505. The molecule has 0 saturated carbocycles. The number of aryl methyl sites for hydroxylation is 1. The molecular formula is C19H15NS4. The van der Waals surface area contributed by atoms with Crippen molar-refractivity contribution in [3.05, 3.63) is 71.5 Å². The van der Waals surface area contributed by atoms with Crippen LogP contribution < -0.4 is 0 Å². The van der Waals surface area contributed by atoms with Crippen molar-refractivity contribution in [3.8, 4) is 0 Å². The zero-order chi connectivity index (χ0) is 16.1. The molecule has 0 unspecified atom stereocenters. The first-order valence-electron chi connectivity index (χ1n) is 7.82. The summed E-state index contributed by atoms with van der Waals surface area (Å²) in [6, 6.07) is 19.8. The minimum Gasteiger partial charge on any atom is -0.359 e. The van der Waals surface area contributed by atoms with Crippen molar-refractivity contribution in [2.24, 2.45) is 0 Å². The van der Waals surface area contributed by atoms with E-state index in [1.165, 1.54) is 36.5 Å². The summed E-state index contributed by atoms with van der Waals surface area (Å²) in [7, 11) is 0. The Morgan fingerprint density at radius 2 is 1.17 bits per heavy atom. The molecule has 2 aliphatic rings. The summed E-state index contributed by atoms with van der Waals surface area (Å²) in [6.45, 7) is 2.23. The summed E-state index contributed by atoms with van der Waals surface area (Å²) in [6.07, 6.45) is 0. The van der Waals surface area contributed by atoms with Crippen molar-refractivity contribution < 1.29 is 0 Å². The molecule has 0 atom stereocenters. The maximum absolute atomic E-state index is 3.75. The molecule has 120 valence electrons. The molecular weight excluding hydrogens is 370 g/mol. The molecule has 0 bridgehead atoms. The molecule has 5 rings (SSSR count). The molecule has 24 heavy (non-hydrogen) atoms. The third-order valence-corrected chi connectivity index (χ3v) is 9.89. The summed E-state index contributed by atoms with van der Waals surface area (Å²) in [4.78, 5) is 9.36. The molecule has 0 aliphatic carbocycles. The molecule has 2 aliphatic heterocycles. The number of fused-ring (bicyclic) bond motifs is 2. The highest BCUT2D eigenvalue weighted by Crippen LogP contribution is 2.59. The van der Waals surface area contributed by atoms with Crippen LogP contribution in [0.2, 0.25) is 0 Å². The van der Waals surface area contributed by atoms with E-state index < -0.39 is 0 Å². The first kappa shape index (κ1) is 15.4. The molecule has 5 heteroatoms. The molecule has 0 radical (unpaired) electrons. The van der Waals surface area contributed by atoms with E-state index in [0.29, 0.717) is 9.16 Å². The highest BCUT2D eigenvalue weighted by atomic mass is 32.2. The van der Waals surface area contributed by atoms with Gasteiger partial charge in [-0.3, -0.25) is 0 Å². The Bertz CT molecular complexity index is 867. The topological polar surface area (TPSA) is 15.8 Å². The van der Waals surface area contributed by atoms with Gasteiger partial charge in [-0.1, -0.05) is 24.3 Å². The van der Waals surface area contributed by atoms with Crippen molar-refractivity contribution in [2.75, 3.05) is 0 Å². The van der Waals surface area contributed by atoms with Crippen LogP contribution in [0.25, 0.3) is 0 Å². The lowest BCUT2D eigenvalue weighted by molar-refractivity contribution is 1.13. The molecule has 0 amide bonds. The van der Waals surface area contributed by atoms with Crippen LogP contribution in [-0.4, -0.2) is 4.98 Å². The third-order valence-electron chi connectivity index (χ3n) is 4.20. The Morgan fingerprint density at radius 3 is 1.67 bits per heavy atom. The number of aromatic nitrogens is 1. The Morgan fingerprint density at radius 1 is 0.708 bits per heavy atom. The minimum absolute atomic E-state index is 0.439. The zero-order valence-electron chi connectivity index (χ0n) is 13.0. The number of rotatable bonds is 2. The van der Waals surface area contributed by atoms with Gasteiger partial charge in [0.2, 0.25) is 0 Å². The van der Waals surface area contributed by atoms with Crippen molar-refractivity contribution in [1.82, 2.24) is 4.98 Å². The van der Waals surface area contributed by atoms with Gasteiger partial charge in [0.25, 0.3) is 0 Å². The second-order valence-corrected chi connectivity index (χ2v) is 11.0. The molecule has 1 nitrogen and oxygen atoms in total. The molecule has 1 aromatic heterocycles. The molecule has 0 saturated heterocycles. The van der Waals surface area contributed by atoms with Gasteiger partial charge >= 0.3 is 0 Å². The molecule has 1 N–H and O–H groups in total. The van der Waals surface area contributed by atoms with Crippen molar-refractivity contribution in [1.29, 1.82) is 0 Å². The predicted molar refractivity (Wildman–Crippen MR) is 107 cm³/mol. The van der Waals surface area contributed by atoms with E-state index in [-0.39, 0.29) is 0 Å². The Labute approximate surface area is 158 Å². The molecule has 3 heterocycles. The van der Waals surface area contributed by atoms with Gasteiger partial charge in [0.1, 0.15) is 0 Å². The fourth-order valence-corrected chi connectivity index (χ4v) is 8.74. The van der Waals surface area contributed by atoms with Gasteiger partial charge in [0.05, 0.1) is 9.16 Å². The van der Waals surface area contributed by atoms with E-state index in [0.717, 1.165) is 0 Å². The second kappa shape index (κ2) is 6.13. The second-order valence-electron chi connectivity index (χ2n) is 5.85. The molecule has 0 fully saturated rings. The number of nitrogens with one attached hydrogen (secondary N) is 1. The van der Waals surface area contributed by atoms with Crippen LogP contribution >= 0.6 is 47.0 Å². The predicted octanol–water partition coefficient (Wildman–Crippen LogP) is 7.12. The summed E-state index contributed by atoms with van der Waals surface area (Å²) in [5, 5.41) is 0. The minimum atomic E-state index is 0.439. The molecule has 3 aromatic rings. The maximum Gasteiger partial charge on any atom is 0.0997 e. The first-order chi connectivity index (χ1) is 11.8. The van der Waals surface area contributed by atoms with E-state index in [4.69, 9.17) is 0 Å². The van der Waals surface area contributed by atoms with Crippen LogP contribution in [0, 0.1) is 6.92 Å². The number of thioether (sulfide) groups is 4. The van der Waals surface area contributed by atoms with E-state index in [9.17, 15) is 0 Å². The van der Waals surface area contributed by atoms with Crippen molar-refractivity contribution in [2.45, 2.75) is 35.7 Å². The molecule has 0 spiro atoms. The van der Waals surface area contributed by atoms with Crippen LogP contribution in [0.1, 0.15) is 26.1 Å². The fourth-order valence-electron chi connectivity index (χ4n) is 3.02. The van der Waals surface area contributed by atoms with Crippen LogP contribution in [0.5, 0.6) is 0 Å². The largest absolute Gasteiger partial charge is 0.359 e. The monoisotopic (exact) mass is 385 g/mol. The van der Waals surface area contributed by atoms with Gasteiger partial charge < -0.3 is 4.98 Å². The number of benzene rings is 2. The van der Waals surface area contributed by atoms with Gasteiger partial charge in [-0.25, -0.2) is 0 Å². The standard InChI is InChI=1S/C19H15NS4/c1-11-10-12(18-21-13-6-2-3-7-14(13)22-18)20-17(11)19-23-15-8-4-5-9-16(15)24-19/h2-10,18-20H,1H3. The fraction of sp³-hybridized carbons (Fsp3) is 0.158. The van der Waals surface area contributed by atoms with Crippen LogP contribution in [0.3, 0.4) is 0 Å². The van der Waals surface area contributed by atoms with Gasteiger partial charge in [-0.2, -0.15) is 0 Å². The van der Waals surface area contributed by atoms with E-state index in [1.807, 2.05) is 47.0 Å². The van der Waals surface area contributed by atoms with Crippen LogP contribution in [-0.2, 0) is 0 Å². The average molecular weight is 386 g/mol. The van der Waals surface area contributed by atoms with Gasteiger partial charge in [-0.15, -0.1) is 47.0 Å². The lowest BCUT2D eigenvalue weighted by Gasteiger charge is -2.08. The number of hydrogen-bond acceptors (Lipinski definition) is 4. The van der Waals surface area contributed by atoms with Gasteiger partial charge in [-0.05, 0) is 42.8 Å². The first-order valence-corrected chi connectivity index (χ1v) is 11.3. The van der Waals surface area contributed by atoms with E-state index in [2.05, 4.69) is 66.5 Å². The number of aromatic amines is 1. The maximum atomic E-state index is 3.75. The van der Waals surface area contributed by atoms with Crippen molar-refractivity contribution >= 4 is 47.0 Å². The highest BCUT2D eigenvalue weighted by Gasteiger charge is 2.30. The third kappa shape index (κ3) is 2.62. The number of hydrogen-bond donors (Lipinski definition) is 1. The van der Waals surface area contributed by atoms with Crippen LogP contribution in [0.4, 0.5) is 0 Å². The Hall–Kier alpha value is -0.880. The van der Waals surface area contributed by atoms with Gasteiger partial charge in [0, 0.05) is 31.0 Å². The lowest BCUT2D eigenvalue weighted by atomic mass is 10.3. The van der Waals surface area contributed by atoms with Gasteiger partial charge in [0.15, 0.2) is 0 Å². The summed E-state index contributed by atoms with van der Waals surface area (Å²) in [5.74, 6) is 0. The summed E-state index contributed by atoms with van der Waals surface area (Å²) >= 11 is 7.85. The van der Waals surface area contributed by atoms with Crippen molar-refractivity contribution in [3.63, 3.8) is 0 Å². The van der Waals surface area contributed by atoms with Crippen LogP contribution in [0.15, 0.2) is 74.2 Å². The highest BCUT2D eigenvalue weighted by molar-refractivity contribution is 8.19.